The van der Waals surface area contributed by atoms with Gasteiger partial charge in [-0.05, 0) is 60.4 Å². The summed E-state index contributed by atoms with van der Waals surface area (Å²) in [5.74, 6) is 1.26. The van der Waals surface area contributed by atoms with Gasteiger partial charge in [-0.1, -0.05) is 18.2 Å². The summed E-state index contributed by atoms with van der Waals surface area (Å²) in [6, 6.07) is 16.0. The van der Waals surface area contributed by atoms with Crippen molar-refractivity contribution in [3.05, 3.63) is 72.5 Å². The van der Waals surface area contributed by atoms with E-state index in [9.17, 15) is 4.79 Å². The van der Waals surface area contributed by atoms with Crippen LogP contribution in [0.4, 0.5) is 10.6 Å². The van der Waals surface area contributed by atoms with Crippen molar-refractivity contribution in [1.29, 1.82) is 5.41 Å². The summed E-state index contributed by atoms with van der Waals surface area (Å²) in [6.07, 6.45) is 5.78. The Morgan fingerprint density at radius 1 is 1.12 bits per heavy atom. The molecule has 1 aliphatic rings. The van der Waals surface area contributed by atoms with Gasteiger partial charge in [-0.3, -0.25) is 15.3 Å². The first kappa shape index (κ1) is 16.1. The van der Waals surface area contributed by atoms with Crippen molar-refractivity contribution >= 4 is 11.8 Å². The Morgan fingerprint density at radius 3 is 2.77 bits per heavy atom. The molecule has 0 radical (unpaired) electrons. The van der Waals surface area contributed by atoms with Crippen LogP contribution in [-0.2, 0) is 0 Å². The highest BCUT2D eigenvalue weighted by Gasteiger charge is 2.23. The van der Waals surface area contributed by atoms with E-state index >= 15 is 0 Å². The van der Waals surface area contributed by atoms with Crippen LogP contribution in [0.1, 0.15) is 12.8 Å². The maximum atomic E-state index is 12.5. The van der Waals surface area contributed by atoms with Crippen molar-refractivity contribution in [2.45, 2.75) is 18.9 Å². The molecule has 0 unspecified atom stereocenters. The average molecular weight is 346 g/mol. The van der Waals surface area contributed by atoms with Crippen LogP contribution in [0.25, 0.3) is 11.1 Å². The Balaban J connectivity index is 1.61. The zero-order valence-electron chi connectivity index (χ0n) is 14.1. The van der Waals surface area contributed by atoms with E-state index in [1.54, 1.807) is 36.7 Å². The molecule has 130 valence electrons. The Hall–Kier alpha value is -3.41. The molecule has 0 bridgehead atoms. The van der Waals surface area contributed by atoms with Gasteiger partial charge in [0.15, 0.2) is 0 Å². The number of nitrogens with zero attached hydrogens (tertiary/aromatic N) is 2. The fraction of sp³-hybridized carbons (Fsp3) is 0.150. The van der Waals surface area contributed by atoms with Crippen LogP contribution >= 0.6 is 0 Å². The minimum absolute atomic E-state index is 0.0903. The minimum Gasteiger partial charge on any atom is -0.490 e. The summed E-state index contributed by atoms with van der Waals surface area (Å²) in [5.41, 5.74) is 1.86. The maximum absolute atomic E-state index is 12.5. The lowest BCUT2D eigenvalue weighted by atomic mass is 10.1. The molecule has 0 spiro atoms. The smallest absolute Gasteiger partial charge is 0.332 e. The van der Waals surface area contributed by atoms with Gasteiger partial charge in [0, 0.05) is 12.4 Å². The van der Waals surface area contributed by atoms with E-state index in [-0.39, 0.29) is 5.49 Å². The Kier molecular flexibility index (Phi) is 4.23. The largest absolute Gasteiger partial charge is 0.490 e. The number of benzene rings is 1. The quantitative estimate of drug-likeness (QED) is 0.757. The highest BCUT2D eigenvalue weighted by atomic mass is 16.5. The molecule has 4 rings (SSSR count). The second kappa shape index (κ2) is 6.84. The molecule has 0 saturated heterocycles. The van der Waals surface area contributed by atoms with E-state index in [1.807, 2.05) is 30.3 Å². The van der Waals surface area contributed by atoms with Crippen LogP contribution in [0.3, 0.4) is 0 Å². The lowest BCUT2D eigenvalue weighted by Gasteiger charge is -2.11. The van der Waals surface area contributed by atoms with Crippen molar-refractivity contribution in [2.75, 3.05) is 5.32 Å². The van der Waals surface area contributed by atoms with Crippen LogP contribution in [0.2, 0.25) is 0 Å². The first-order valence-corrected chi connectivity index (χ1v) is 8.46. The summed E-state index contributed by atoms with van der Waals surface area (Å²) in [7, 11) is 0. The molecule has 0 atom stereocenters. The van der Waals surface area contributed by atoms with Gasteiger partial charge in [0.25, 0.3) is 0 Å². The van der Waals surface area contributed by atoms with E-state index in [1.165, 1.54) is 4.57 Å². The number of carbonyl (C=O) groups is 1. The number of carbonyl (C=O) groups excluding carboxylic acids is 1. The molecule has 6 heteroatoms. The van der Waals surface area contributed by atoms with Gasteiger partial charge in [-0.15, -0.1) is 0 Å². The normalized spacial score (nSPS) is 13.2. The minimum atomic E-state index is -0.430. The van der Waals surface area contributed by atoms with Crippen molar-refractivity contribution < 1.29 is 9.53 Å². The molecule has 1 amide bonds. The number of aromatic nitrogens is 2. The molecule has 26 heavy (non-hydrogen) atoms. The first-order chi connectivity index (χ1) is 12.7. The highest BCUT2D eigenvalue weighted by Crippen LogP contribution is 2.29. The molecule has 1 saturated carbocycles. The van der Waals surface area contributed by atoms with E-state index in [0.29, 0.717) is 11.9 Å². The van der Waals surface area contributed by atoms with Gasteiger partial charge in [0.1, 0.15) is 17.1 Å². The summed E-state index contributed by atoms with van der Waals surface area (Å²) < 4.78 is 7.10. The van der Waals surface area contributed by atoms with Crippen molar-refractivity contribution in [2.24, 2.45) is 0 Å². The Labute approximate surface area is 150 Å². The van der Waals surface area contributed by atoms with Crippen molar-refractivity contribution in [1.82, 2.24) is 9.55 Å². The lowest BCUT2D eigenvalue weighted by molar-refractivity contribution is 0.252. The van der Waals surface area contributed by atoms with Gasteiger partial charge in [0.2, 0.25) is 0 Å². The van der Waals surface area contributed by atoms with E-state index in [4.69, 9.17) is 10.1 Å². The third-order valence-electron chi connectivity index (χ3n) is 4.06. The third kappa shape index (κ3) is 3.64. The monoisotopic (exact) mass is 346 g/mol. The maximum Gasteiger partial charge on any atom is 0.332 e. The zero-order chi connectivity index (χ0) is 17.9. The Bertz CT molecular complexity index is 994. The second-order valence-electron chi connectivity index (χ2n) is 6.16. The second-order valence-corrected chi connectivity index (χ2v) is 6.16. The third-order valence-corrected chi connectivity index (χ3v) is 4.06. The van der Waals surface area contributed by atoms with Gasteiger partial charge < -0.3 is 4.74 Å². The predicted octanol–water partition coefficient (Wildman–Crippen LogP) is 3.65. The SMILES string of the molecule is N=c1ccc(-c2cccc(OC3CC3)c2)cn1C(=O)Nc1ccccn1. The van der Waals surface area contributed by atoms with Crippen molar-refractivity contribution in [3.8, 4) is 16.9 Å². The van der Waals surface area contributed by atoms with Gasteiger partial charge in [0.05, 0.1) is 6.10 Å². The van der Waals surface area contributed by atoms with Crippen LogP contribution in [0.15, 0.2) is 67.0 Å². The number of hydrogen-bond acceptors (Lipinski definition) is 4. The van der Waals surface area contributed by atoms with Gasteiger partial charge in [-0.2, -0.15) is 0 Å². The van der Waals surface area contributed by atoms with Crippen LogP contribution in [0.5, 0.6) is 5.75 Å². The van der Waals surface area contributed by atoms with E-state index < -0.39 is 6.03 Å². The number of ether oxygens (including phenoxy) is 1. The molecule has 1 fully saturated rings. The fourth-order valence-corrected chi connectivity index (χ4v) is 2.57. The predicted molar refractivity (Wildman–Crippen MR) is 98.0 cm³/mol. The molecule has 2 heterocycles. The van der Waals surface area contributed by atoms with Gasteiger partial charge in [-0.25, -0.2) is 9.78 Å². The number of anilines is 1. The highest BCUT2D eigenvalue weighted by molar-refractivity contribution is 5.90. The summed E-state index contributed by atoms with van der Waals surface area (Å²) in [4.78, 5) is 16.6. The summed E-state index contributed by atoms with van der Waals surface area (Å²) >= 11 is 0. The van der Waals surface area contributed by atoms with Crippen molar-refractivity contribution in [3.63, 3.8) is 0 Å². The zero-order valence-corrected chi connectivity index (χ0v) is 14.1. The average Bonchev–Trinajstić information content (AvgIpc) is 3.47. The van der Waals surface area contributed by atoms with Crippen LogP contribution in [0, 0.1) is 5.41 Å². The fourth-order valence-electron chi connectivity index (χ4n) is 2.57. The molecular formula is C20H18N4O2. The standard InChI is InChI=1S/C20H18N4O2/c21-18-10-7-15(14-4-3-5-17(12-14)26-16-8-9-16)13-24(18)20(25)23-19-6-1-2-11-22-19/h1-7,10-13,16,21H,8-9H2,(H,22,23,25). The van der Waals surface area contributed by atoms with Gasteiger partial charge >= 0.3 is 6.03 Å². The molecule has 2 aromatic heterocycles. The number of amides is 1. The number of pyridine rings is 2. The van der Waals surface area contributed by atoms with Crippen LogP contribution in [-0.4, -0.2) is 21.7 Å². The molecule has 0 aliphatic heterocycles. The Morgan fingerprint density at radius 2 is 2.00 bits per heavy atom. The van der Waals surface area contributed by atoms with E-state index in [2.05, 4.69) is 10.3 Å². The molecule has 6 nitrogen and oxygen atoms in total. The summed E-state index contributed by atoms with van der Waals surface area (Å²) in [5, 5.41) is 10.7. The lowest BCUT2D eigenvalue weighted by Crippen LogP contribution is -2.30. The molecule has 3 aromatic rings. The summed E-state index contributed by atoms with van der Waals surface area (Å²) in [6.45, 7) is 0. The van der Waals surface area contributed by atoms with E-state index in [0.717, 1.165) is 29.7 Å². The molecule has 2 N–H and O–H groups in total. The number of rotatable bonds is 4. The molecule has 1 aromatic carbocycles. The number of nitrogens with one attached hydrogen (secondary N) is 2. The topological polar surface area (TPSA) is 80.0 Å². The van der Waals surface area contributed by atoms with Crippen LogP contribution < -0.4 is 15.5 Å². The first-order valence-electron chi connectivity index (χ1n) is 8.46. The molecular weight excluding hydrogens is 328 g/mol. The number of hydrogen-bond donors (Lipinski definition) is 2. The molecule has 1 aliphatic carbocycles.